The summed E-state index contributed by atoms with van der Waals surface area (Å²) in [5.41, 5.74) is 2.39. The zero-order valence-electron chi connectivity index (χ0n) is 32.4. The van der Waals surface area contributed by atoms with Crippen molar-refractivity contribution in [3.8, 4) is 23.0 Å². The molecule has 0 aromatic heterocycles. The van der Waals surface area contributed by atoms with E-state index in [-0.39, 0.29) is 11.5 Å². The summed E-state index contributed by atoms with van der Waals surface area (Å²) in [4.78, 5) is 9.49. The summed E-state index contributed by atoms with van der Waals surface area (Å²) in [6.07, 6.45) is 28.7. The summed E-state index contributed by atoms with van der Waals surface area (Å²) in [7, 11) is 0. The third kappa shape index (κ3) is 21.4. The molecule has 0 heterocycles. The van der Waals surface area contributed by atoms with E-state index in [1.54, 1.807) is 36.7 Å². The number of ether oxygens (including phenoxy) is 2. The second-order valence-electron chi connectivity index (χ2n) is 13.6. The van der Waals surface area contributed by atoms with E-state index in [1.807, 2.05) is 36.4 Å². The van der Waals surface area contributed by atoms with E-state index in [2.05, 4.69) is 13.8 Å². The molecular weight excluding hydrogens is 891 g/mol. The van der Waals surface area contributed by atoms with Crippen molar-refractivity contribution in [2.45, 2.75) is 142 Å². The number of benzene rings is 3. The van der Waals surface area contributed by atoms with Gasteiger partial charge in [-0.1, -0.05) is 154 Å². The van der Waals surface area contributed by atoms with Crippen LogP contribution in [0.4, 0.5) is 11.4 Å². The third-order valence-electron chi connectivity index (χ3n) is 9.11. The zero-order chi connectivity index (χ0) is 38.2. The van der Waals surface area contributed by atoms with Crippen LogP contribution >= 0.6 is 0 Å². The topological polar surface area (TPSA) is 118 Å². The van der Waals surface area contributed by atoms with Gasteiger partial charge in [0.1, 0.15) is 11.5 Å². The van der Waals surface area contributed by atoms with Crippen molar-refractivity contribution in [2.24, 2.45) is 9.98 Å². The molecule has 0 radical (unpaired) electrons. The number of para-hydroxylation sites is 2. The molecule has 0 aliphatic heterocycles. The Kier molecular flexibility index (Phi) is 27.1. The van der Waals surface area contributed by atoms with Crippen LogP contribution in [0.3, 0.4) is 0 Å². The van der Waals surface area contributed by atoms with Crippen LogP contribution < -0.4 is 9.47 Å². The van der Waals surface area contributed by atoms with Gasteiger partial charge in [0.25, 0.3) is 0 Å². The fourth-order valence-corrected chi connectivity index (χ4v) is 5.99. The van der Waals surface area contributed by atoms with E-state index >= 15 is 0 Å². The molecule has 2 N–H and O–H groups in total. The van der Waals surface area contributed by atoms with Crippen molar-refractivity contribution in [2.75, 3.05) is 13.2 Å². The number of phenolic OH excluding ortho intramolecular Hbond substituents is 2. The molecule has 0 bridgehead atoms. The number of hydrogen-bond donors (Lipinski definition) is 2. The molecule has 0 saturated carbocycles. The number of phenols is 2. The maximum atomic E-state index is 10.3. The SMILES string of the molecule is CCCCCCCCCCCCOc1cc(N=Cc2ccccc2O)c(N=Cc2ccccc2O)cc1OCCCCCCCCCCCC.[O]=[U]=[O]. The van der Waals surface area contributed by atoms with E-state index in [0.717, 1.165) is 25.7 Å². The number of aliphatic imine (C=N–C) groups is 2. The standard InChI is InChI=1S/C44H64N2O4.2O.U/c1-3-5-7-9-11-13-15-17-19-25-31-49-43-33-39(45-35-37-27-21-23-29-41(37)47)40(46-36-38-28-22-24-30-42(38)48)34-44(43)50-32-26-20-18-16-14-12-10-8-6-4-2;;;/h21-24,27-30,33-36,47-48H,3-20,25-26,31-32H2,1-2H3;;;. The Labute approximate surface area is 334 Å². The number of aromatic hydroxyl groups is 2. The van der Waals surface area contributed by atoms with Gasteiger partial charge in [-0.05, 0) is 37.1 Å². The summed E-state index contributed by atoms with van der Waals surface area (Å²) in [6, 6.07) is 18.0. The van der Waals surface area contributed by atoms with Crippen LogP contribution in [-0.2, 0) is 4.47 Å². The van der Waals surface area contributed by atoms with Crippen molar-refractivity contribution in [3.63, 3.8) is 0 Å². The van der Waals surface area contributed by atoms with Gasteiger partial charge in [-0.15, -0.1) is 0 Å². The molecular formula is C44H64N2O6U. The first-order valence-corrected chi connectivity index (χ1v) is 23.5. The van der Waals surface area contributed by atoms with Gasteiger partial charge in [-0.25, -0.2) is 0 Å². The predicted octanol–water partition coefficient (Wildman–Crippen LogP) is 13.0. The average Bonchev–Trinajstić information content (AvgIpc) is 3.16. The summed E-state index contributed by atoms with van der Waals surface area (Å²) < 4.78 is 29.9. The molecule has 3 rings (SSSR count). The quantitative estimate of drug-likeness (QED) is 0.0553. The molecule has 53 heavy (non-hydrogen) atoms. The number of hydrogen-bond acceptors (Lipinski definition) is 8. The van der Waals surface area contributed by atoms with E-state index in [0.29, 0.717) is 47.2 Å². The first kappa shape index (κ1) is 46.0. The molecule has 0 fully saturated rings. The summed E-state index contributed by atoms with van der Waals surface area (Å²) in [5.74, 6) is 1.62. The van der Waals surface area contributed by atoms with Gasteiger partial charge >= 0.3 is 32.3 Å². The summed E-state index contributed by atoms with van der Waals surface area (Å²) in [5, 5.41) is 20.7. The Morgan fingerprint density at radius 1 is 0.509 bits per heavy atom. The first-order chi connectivity index (χ1) is 26.0. The maximum absolute atomic E-state index is 10.3. The Balaban J connectivity index is 0.00000313. The van der Waals surface area contributed by atoms with Gasteiger partial charge in [0, 0.05) is 35.7 Å². The fourth-order valence-electron chi connectivity index (χ4n) is 5.99. The molecule has 3 aromatic rings. The van der Waals surface area contributed by atoms with E-state index in [4.69, 9.17) is 23.9 Å². The van der Waals surface area contributed by atoms with Crippen LogP contribution in [-0.4, -0.2) is 35.9 Å². The van der Waals surface area contributed by atoms with Crippen LogP contribution in [0.2, 0.25) is 0 Å². The minimum atomic E-state index is -2.51. The predicted molar refractivity (Wildman–Crippen MR) is 213 cm³/mol. The Morgan fingerprint density at radius 3 is 1.13 bits per heavy atom. The first-order valence-electron chi connectivity index (χ1n) is 20.1. The van der Waals surface area contributed by atoms with Crippen molar-refractivity contribution >= 4 is 23.8 Å². The van der Waals surface area contributed by atoms with Crippen LogP contribution in [0.15, 0.2) is 70.6 Å². The van der Waals surface area contributed by atoms with E-state index < -0.39 is 27.8 Å². The molecule has 0 saturated heterocycles. The molecule has 0 aliphatic carbocycles. The molecule has 0 atom stereocenters. The molecule has 3 aromatic carbocycles. The van der Waals surface area contributed by atoms with Crippen LogP contribution in [0, 0.1) is 27.8 Å². The van der Waals surface area contributed by atoms with Gasteiger partial charge in [-0.2, -0.15) is 0 Å². The molecule has 290 valence electrons. The minimum absolute atomic E-state index is 0.157. The normalized spacial score (nSPS) is 11.1. The van der Waals surface area contributed by atoms with Crippen LogP contribution in [0.1, 0.15) is 153 Å². The van der Waals surface area contributed by atoms with Crippen molar-refractivity contribution in [1.29, 1.82) is 0 Å². The fraction of sp³-hybridized carbons (Fsp3) is 0.545. The van der Waals surface area contributed by atoms with Crippen molar-refractivity contribution < 1.29 is 52.0 Å². The Morgan fingerprint density at radius 2 is 0.811 bits per heavy atom. The average molecular weight is 955 g/mol. The third-order valence-corrected chi connectivity index (χ3v) is 9.11. The second kappa shape index (κ2) is 31.2. The van der Waals surface area contributed by atoms with Gasteiger partial charge in [-0.3, -0.25) is 9.98 Å². The summed E-state index contributed by atoms with van der Waals surface area (Å²) in [6.45, 7) is 5.74. The monoisotopic (exact) mass is 955 g/mol. The molecule has 8 nitrogen and oxygen atoms in total. The molecule has 0 amide bonds. The molecule has 0 spiro atoms. The Bertz CT molecular complexity index is 1380. The van der Waals surface area contributed by atoms with E-state index in [1.165, 1.54) is 103 Å². The molecule has 0 aliphatic rings. The second-order valence-corrected chi connectivity index (χ2v) is 14.3. The van der Waals surface area contributed by atoms with Crippen molar-refractivity contribution in [1.82, 2.24) is 0 Å². The number of nitrogens with zero attached hydrogens (tertiary/aromatic N) is 2. The van der Waals surface area contributed by atoms with Crippen LogP contribution in [0.5, 0.6) is 23.0 Å². The zero-order valence-corrected chi connectivity index (χ0v) is 36.6. The molecule has 9 heteroatoms. The van der Waals surface area contributed by atoms with Gasteiger partial charge in [0.15, 0.2) is 11.5 Å². The van der Waals surface area contributed by atoms with Gasteiger partial charge in [0.2, 0.25) is 0 Å². The Hall–Kier alpha value is -3.15. The van der Waals surface area contributed by atoms with Gasteiger partial charge < -0.3 is 19.7 Å². The molecule has 0 unspecified atom stereocenters. The van der Waals surface area contributed by atoms with E-state index in [9.17, 15) is 10.2 Å². The summed E-state index contributed by atoms with van der Waals surface area (Å²) >= 11 is -2.51. The van der Waals surface area contributed by atoms with Crippen molar-refractivity contribution in [3.05, 3.63) is 71.8 Å². The number of unbranched alkanes of at least 4 members (excludes halogenated alkanes) is 18. The van der Waals surface area contributed by atoms with Gasteiger partial charge in [0.05, 0.1) is 24.6 Å². The number of rotatable bonds is 28. The van der Waals surface area contributed by atoms with Crippen LogP contribution in [0.25, 0.3) is 0 Å².